The number of hydrogen-bond acceptors (Lipinski definition) is 5. The van der Waals surface area contributed by atoms with Crippen molar-refractivity contribution in [1.29, 1.82) is 0 Å². The summed E-state index contributed by atoms with van der Waals surface area (Å²) in [6.07, 6.45) is 4.18. The Morgan fingerprint density at radius 1 is 1.61 bits per heavy atom. The fourth-order valence-corrected chi connectivity index (χ4v) is 2.50. The molecule has 0 amide bonds. The van der Waals surface area contributed by atoms with Crippen LogP contribution in [0.4, 0.5) is 0 Å². The lowest BCUT2D eigenvalue weighted by Gasteiger charge is -2.23. The molecule has 1 unspecified atom stereocenters. The highest BCUT2D eigenvalue weighted by Crippen LogP contribution is 2.28. The summed E-state index contributed by atoms with van der Waals surface area (Å²) in [6.45, 7) is 0.555. The molecule has 1 aromatic rings. The number of imidazole rings is 1. The zero-order valence-electron chi connectivity index (χ0n) is 9.72. The van der Waals surface area contributed by atoms with Crippen molar-refractivity contribution in [3.05, 3.63) is 18.2 Å². The highest BCUT2D eigenvalue weighted by atomic mass is 32.1. The highest BCUT2D eigenvalue weighted by Gasteiger charge is 2.47. The number of nitrogens with zero attached hydrogens (tertiary/aromatic N) is 1. The van der Waals surface area contributed by atoms with Crippen LogP contribution in [0.2, 0.25) is 0 Å². The number of aromatic nitrogens is 2. The van der Waals surface area contributed by atoms with Gasteiger partial charge in [0.25, 0.3) is 0 Å². The second-order valence-electron chi connectivity index (χ2n) is 4.39. The van der Waals surface area contributed by atoms with Gasteiger partial charge in [0.15, 0.2) is 11.3 Å². The largest absolute Gasteiger partial charge is 0.480 e. The first-order chi connectivity index (χ1) is 8.56. The van der Waals surface area contributed by atoms with Gasteiger partial charge in [-0.2, -0.15) is 12.6 Å². The van der Waals surface area contributed by atoms with Crippen molar-refractivity contribution in [3.8, 4) is 0 Å². The minimum atomic E-state index is -1.43. The Balaban J connectivity index is 2.09. The van der Waals surface area contributed by atoms with Gasteiger partial charge in [-0.15, -0.1) is 0 Å². The molecule has 18 heavy (non-hydrogen) atoms. The Kier molecular flexibility index (Phi) is 3.72. The van der Waals surface area contributed by atoms with E-state index in [9.17, 15) is 14.7 Å². The number of ketones is 1. The minimum Gasteiger partial charge on any atom is -0.480 e. The molecule has 0 aromatic carbocycles. The summed E-state index contributed by atoms with van der Waals surface area (Å²) in [7, 11) is 0. The van der Waals surface area contributed by atoms with Gasteiger partial charge < -0.3 is 10.1 Å². The summed E-state index contributed by atoms with van der Waals surface area (Å²) < 4.78 is 0. The van der Waals surface area contributed by atoms with Crippen molar-refractivity contribution >= 4 is 24.4 Å². The summed E-state index contributed by atoms with van der Waals surface area (Å²) in [5.74, 6) is -1.43. The first-order valence-corrected chi connectivity index (χ1v) is 6.26. The summed E-state index contributed by atoms with van der Waals surface area (Å²) in [6, 6.07) is 0. The van der Waals surface area contributed by atoms with Crippen molar-refractivity contribution in [3.63, 3.8) is 0 Å². The number of carboxylic acids is 1. The monoisotopic (exact) mass is 269 g/mol. The van der Waals surface area contributed by atoms with E-state index >= 15 is 0 Å². The summed E-state index contributed by atoms with van der Waals surface area (Å²) in [5, 5.41) is 11.7. The lowest BCUT2D eigenvalue weighted by atomic mass is 9.89. The van der Waals surface area contributed by atoms with Crippen molar-refractivity contribution in [1.82, 2.24) is 15.3 Å². The van der Waals surface area contributed by atoms with Gasteiger partial charge in [-0.25, -0.2) is 9.78 Å². The van der Waals surface area contributed by atoms with Crippen LogP contribution in [0, 0.1) is 0 Å². The summed E-state index contributed by atoms with van der Waals surface area (Å²) in [5.41, 5.74) is -0.716. The standard InChI is InChI=1S/C11H15N3O3S/c15-9(4-8(18)7-5-12-6-13-7)11(10(16)17)2-1-3-14-11/h5-6,8,14,18H,1-4H2,(H,12,13)(H,16,17)/t8?,11-/m1/s1. The summed E-state index contributed by atoms with van der Waals surface area (Å²) >= 11 is 4.31. The van der Waals surface area contributed by atoms with Crippen molar-refractivity contribution in [2.45, 2.75) is 30.1 Å². The van der Waals surface area contributed by atoms with Crippen LogP contribution in [-0.4, -0.2) is 38.9 Å². The number of carboxylic acid groups (broad SMARTS) is 1. The molecular weight excluding hydrogens is 254 g/mol. The van der Waals surface area contributed by atoms with Crippen LogP contribution in [0.25, 0.3) is 0 Å². The molecule has 0 saturated carbocycles. The molecule has 1 fully saturated rings. The van der Waals surface area contributed by atoms with Crippen LogP contribution in [0.5, 0.6) is 0 Å². The average molecular weight is 269 g/mol. The molecule has 98 valence electrons. The van der Waals surface area contributed by atoms with E-state index in [1.54, 1.807) is 6.20 Å². The molecule has 0 bridgehead atoms. The lowest BCUT2D eigenvalue weighted by Crippen LogP contribution is -2.54. The smallest absolute Gasteiger partial charge is 0.331 e. The molecule has 6 nitrogen and oxygen atoms in total. The maximum atomic E-state index is 12.2. The molecule has 1 aliphatic rings. The number of carbonyl (C=O) groups excluding carboxylic acids is 1. The van der Waals surface area contributed by atoms with E-state index in [-0.39, 0.29) is 17.5 Å². The number of H-pyrrole nitrogens is 1. The molecule has 2 atom stereocenters. The maximum absolute atomic E-state index is 12.2. The van der Waals surface area contributed by atoms with E-state index in [0.717, 1.165) is 0 Å². The Bertz CT molecular complexity index is 440. The first-order valence-electron chi connectivity index (χ1n) is 5.74. The zero-order valence-corrected chi connectivity index (χ0v) is 10.6. The van der Waals surface area contributed by atoms with Crippen LogP contribution in [-0.2, 0) is 9.59 Å². The van der Waals surface area contributed by atoms with Crippen LogP contribution >= 0.6 is 12.6 Å². The average Bonchev–Trinajstić information content (AvgIpc) is 3.01. The van der Waals surface area contributed by atoms with E-state index < -0.39 is 11.5 Å². The zero-order chi connectivity index (χ0) is 13.2. The molecule has 1 aliphatic heterocycles. The van der Waals surface area contributed by atoms with Crippen molar-refractivity contribution in [2.75, 3.05) is 6.54 Å². The molecule has 3 N–H and O–H groups in total. The third kappa shape index (κ3) is 2.28. The molecular formula is C11H15N3O3S. The van der Waals surface area contributed by atoms with Gasteiger partial charge in [0.1, 0.15) is 0 Å². The number of hydrogen-bond donors (Lipinski definition) is 4. The number of rotatable bonds is 5. The van der Waals surface area contributed by atoms with Gasteiger partial charge in [0, 0.05) is 18.3 Å². The van der Waals surface area contributed by atoms with Crippen LogP contribution < -0.4 is 5.32 Å². The molecule has 2 heterocycles. The second kappa shape index (κ2) is 5.11. The van der Waals surface area contributed by atoms with E-state index in [1.165, 1.54) is 6.33 Å². The van der Waals surface area contributed by atoms with Crippen LogP contribution in [0.1, 0.15) is 30.2 Å². The van der Waals surface area contributed by atoms with Gasteiger partial charge in [-0.05, 0) is 19.4 Å². The van der Waals surface area contributed by atoms with E-state index in [0.29, 0.717) is 25.1 Å². The number of aromatic amines is 1. The van der Waals surface area contributed by atoms with Gasteiger partial charge in [0.2, 0.25) is 0 Å². The van der Waals surface area contributed by atoms with Gasteiger partial charge >= 0.3 is 5.97 Å². The Hall–Kier alpha value is -1.34. The fourth-order valence-electron chi connectivity index (χ4n) is 2.19. The maximum Gasteiger partial charge on any atom is 0.331 e. The molecule has 1 saturated heterocycles. The molecule has 7 heteroatoms. The second-order valence-corrected chi connectivity index (χ2v) is 5.01. The third-order valence-corrected chi connectivity index (χ3v) is 3.71. The number of aliphatic carboxylic acids is 1. The Labute approximate surface area is 110 Å². The third-order valence-electron chi connectivity index (χ3n) is 3.25. The van der Waals surface area contributed by atoms with Crippen LogP contribution in [0.3, 0.4) is 0 Å². The molecule has 1 aromatic heterocycles. The molecule has 0 aliphatic carbocycles. The van der Waals surface area contributed by atoms with Crippen molar-refractivity contribution < 1.29 is 14.7 Å². The number of thiol groups is 1. The normalized spacial score (nSPS) is 24.9. The minimum absolute atomic E-state index is 0.0601. The van der Waals surface area contributed by atoms with E-state index in [2.05, 4.69) is 27.9 Å². The molecule has 0 radical (unpaired) electrons. The predicted octanol–water partition coefficient (Wildman–Crippen LogP) is 0.547. The van der Waals surface area contributed by atoms with E-state index in [1.807, 2.05) is 0 Å². The van der Waals surface area contributed by atoms with Gasteiger partial charge in [-0.1, -0.05) is 0 Å². The number of carbonyl (C=O) groups is 2. The first kappa shape index (κ1) is 13.1. The Morgan fingerprint density at radius 2 is 2.39 bits per heavy atom. The SMILES string of the molecule is O=C(O)[C@]1(C(=O)CC(S)c2cnc[nH]2)CCCN1. The number of Topliss-reactive ketones (excluding diaryl/α,β-unsaturated/α-hetero) is 1. The summed E-state index contributed by atoms with van der Waals surface area (Å²) in [4.78, 5) is 30.2. The molecule has 0 spiro atoms. The van der Waals surface area contributed by atoms with E-state index in [4.69, 9.17) is 0 Å². The van der Waals surface area contributed by atoms with Crippen LogP contribution in [0.15, 0.2) is 12.5 Å². The predicted molar refractivity (Wildman–Crippen MR) is 67.5 cm³/mol. The van der Waals surface area contributed by atoms with Gasteiger partial charge in [-0.3, -0.25) is 10.1 Å². The van der Waals surface area contributed by atoms with Gasteiger partial charge in [0.05, 0.1) is 11.6 Å². The Morgan fingerprint density at radius 3 is 2.89 bits per heavy atom. The lowest BCUT2D eigenvalue weighted by molar-refractivity contribution is -0.149. The fraction of sp³-hybridized carbons (Fsp3) is 0.545. The topological polar surface area (TPSA) is 95.1 Å². The quantitative estimate of drug-likeness (QED) is 0.462. The highest BCUT2D eigenvalue weighted by molar-refractivity contribution is 7.80. The number of nitrogens with one attached hydrogen (secondary N) is 2. The molecule has 2 rings (SSSR count). The van der Waals surface area contributed by atoms with Crippen molar-refractivity contribution in [2.24, 2.45) is 0 Å².